The first-order valence-electron chi connectivity index (χ1n) is 12.8. The van der Waals surface area contributed by atoms with Crippen LogP contribution in [0.4, 0.5) is 24.7 Å². The largest absolute Gasteiger partial charge is 0.418 e. The number of nitrogens with zero attached hydrogens (tertiary/aromatic N) is 6. The number of aromatic nitrogens is 5. The summed E-state index contributed by atoms with van der Waals surface area (Å²) in [7, 11) is -2.09. The number of hydrogen-bond acceptors (Lipinski definition) is 6. The van der Waals surface area contributed by atoms with E-state index in [2.05, 4.69) is 54.4 Å². The van der Waals surface area contributed by atoms with Gasteiger partial charge in [-0.15, -0.1) is 5.10 Å². The molecule has 0 aliphatic heterocycles. The van der Waals surface area contributed by atoms with Crippen molar-refractivity contribution in [3.05, 3.63) is 77.4 Å². The van der Waals surface area contributed by atoms with E-state index in [0.717, 1.165) is 6.07 Å². The van der Waals surface area contributed by atoms with Gasteiger partial charge in [-0.05, 0) is 55.4 Å². The average molecular weight is 568 g/mol. The fourth-order valence-corrected chi connectivity index (χ4v) is 4.97. The molecule has 4 rings (SSSR count). The van der Waals surface area contributed by atoms with E-state index in [1.807, 2.05) is 6.07 Å². The molecule has 4 aromatic rings. The predicted molar refractivity (Wildman–Crippen MR) is 150 cm³/mol. The van der Waals surface area contributed by atoms with Crippen LogP contribution in [-0.2, 0) is 17.0 Å². The maximum Gasteiger partial charge on any atom is 0.418 e. The lowest BCUT2D eigenvalue weighted by Gasteiger charge is -2.36. The molecule has 12 heteroatoms. The van der Waals surface area contributed by atoms with Crippen LogP contribution in [0.2, 0.25) is 18.1 Å². The first kappa shape index (κ1) is 29.0. The van der Waals surface area contributed by atoms with E-state index in [4.69, 9.17) is 9.69 Å². The number of pyridine rings is 1. The van der Waals surface area contributed by atoms with Gasteiger partial charge in [0.1, 0.15) is 5.82 Å². The number of aryl methyl sites for hydroxylation is 1. The molecule has 8 nitrogen and oxygen atoms in total. The van der Waals surface area contributed by atoms with Gasteiger partial charge in [0.15, 0.2) is 14.1 Å². The molecule has 0 unspecified atom stereocenters. The predicted octanol–water partition coefficient (Wildman–Crippen LogP) is 6.96. The van der Waals surface area contributed by atoms with Gasteiger partial charge in [-0.3, -0.25) is 0 Å². The van der Waals surface area contributed by atoms with E-state index in [1.165, 1.54) is 12.1 Å². The van der Waals surface area contributed by atoms with Crippen molar-refractivity contribution < 1.29 is 17.6 Å². The van der Waals surface area contributed by atoms with Crippen LogP contribution in [0.5, 0.6) is 0 Å². The topological polar surface area (TPSA) is 93.6 Å². The number of halogens is 3. The quantitative estimate of drug-likeness (QED) is 0.231. The van der Waals surface area contributed by atoms with Crippen molar-refractivity contribution in [2.24, 2.45) is 0 Å². The van der Waals surface area contributed by atoms with E-state index < -0.39 is 20.1 Å². The van der Waals surface area contributed by atoms with Crippen molar-refractivity contribution in [1.82, 2.24) is 24.5 Å². The van der Waals surface area contributed by atoms with Gasteiger partial charge >= 0.3 is 6.18 Å². The minimum Gasteiger partial charge on any atom is -0.416 e. The van der Waals surface area contributed by atoms with Crippen LogP contribution in [0.3, 0.4) is 0 Å². The summed E-state index contributed by atoms with van der Waals surface area (Å²) in [5, 5.41) is 21.0. The minimum absolute atomic E-state index is 0.00676. The van der Waals surface area contributed by atoms with E-state index in [-0.39, 0.29) is 22.1 Å². The van der Waals surface area contributed by atoms with Crippen LogP contribution in [-0.4, -0.2) is 39.5 Å². The third-order valence-corrected chi connectivity index (χ3v) is 11.7. The highest BCUT2D eigenvalue weighted by molar-refractivity contribution is 6.74. The van der Waals surface area contributed by atoms with E-state index in [9.17, 15) is 13.2 Å². The first-order valence-corrected chi connectivity index (χ1v) is 15.7. The zero-order chi connectivity index (χ0) is 29.3. The molecule has 0 fully saturated rings. The summed E-state index contributed by atoms with van der Waals surface area (Å²) >= 11 is 0. The molecule has 0 saturated heterocycles. The van der Waals surface area contributed by atoms with Gasteiger partial charge in [0.2, 0.25) is 0 Å². The van der Waals surface area contributed by atoms with Crippen molar-refractivity contribution in [2.45, 2.75) is 58.4 Å². The number of hydrogen-bond donors (Lipinski definition) is 1. The lowest BCUT2D eigenvalue weighted by Crippen LogP contribution is -2.41. The van der Waals surface area contributed by atoms with Crippen LogP contribution in [0, 0.1) is 18.3 Å². The Morgan fingerprint density at radius 3 is 2.45 bits per heavy atom. The number of nitriles is 1. The normalized spacial score (nSPS) is 12.4. The smallest absolute Gasteiger partial charge is 0.416 e. The molecule has 0 spiro atoms. The van der Waals surface area contributed by atoms with Gasteiger partial charge < -0.3 is 9.74 Å². The molecule has 1 aromatic carbocycles. The van der Waals surface area contributed by atoms with Crippen molar-refractivity contribution >= 4 is 19.8 Å². The van der Waals surface area contributed by atoms with E-state index >= 15 is 0 Å². The lowest BCUT2D eigenvalue weighted by molar-refractivity contribution is -0.136. The zero-order valence-electron chi connectivity index (χ0n) is 23.3. The van der Waals surface area contributed by atoms with Gasteiger partial charge in [-0.1, -0.05) is 20.8 Å². The number of alkyl halides is 3. The molecule has 3 aromatic heterocycles. The summed E-state index contributed by atoms with van der Waals surface area (Å²) in [6, 6.07) is 10.6. The van der Waals surface area contributed by atoms with Crippen molar-refractivity contribution in [2.75, 3.05) is 11.9 Å². The van der Waals surface area contributed by atoms with E-state index in [1.54, 1.807) is 53.1 Å². The number of benzene rings is 1. The van der Waals surface area contributed by atoms with Crippen LogP contribution in [0.1, 0.15) is 43.2 Å². The average Bonchev–Trinajstić information content (AvgIpc) is 3.56. The summed E-state index contributed by atoms with van der Waals surface area (Å²) in [6.07, 6.45) is 0.906. The molecule has 0 aliphatic rings. The highest BCUT2D eigenvalue weighted by Gasteiger charge is 2.37. The molecule has 0 bridgehead atoms. The maximum atomic E-state index is 14.0. The highest BCUT2D eigenvalue weighted by atomic mass is 28.4. The molecule has 0 radical (unpaired) electrons. The van der Waals surface area contributed by atoms with Crippen molar-refractivity contribution in [3.63, 3.8) is 0 Å². The number of nitrogens with one attached hydrogen (secondary N) is 1. The van der Waals surface area contributed by atoms with Gasteiger partial charge in [0.25, 0.3) is 0 Å². The summed E-state index contributed by atoms with van der Waals surface area (Å²) in [6.45, 7) is 12.9. The molecule has 210 valence electrons. The minimum atomic E-state index is -4.67. The second-order valence-electron chi connectivity index (χ2n) is 11.0. The Morgan fingerprint density at radius 2 is 1.82 bits per heavy atom. The second-order valence-corrected chi connectivity index (χ2v) is 15.8. The molecule has 40 heavy (non-hydrogen) atoms. The van der Waals surface area contributed by atoms with Gasteiger partial charge in [0, 0.05) is 48.9 Å². The Bertz CT molecular complexity index is 1530. The molecule has 0 amide bonds. The molecule has 3 heterocycles. The zero-order valence-corrected chi connectivity index (χ0v) is 24.3. The summed E-state index contributed by atoms with van der Waals surface area (Å²) in [4.78, 5) is 4.59. The maximum absolute atomic E-state index is 14.0. The SMILES string of the molecule is Cc1cc(-n2ccc(-n3cccn3)n2)c(CCO[Si](C)(C)C(C)(C)C)c(Nc2ccc(C#N)cc2C(F)(F)F)n1. The summed E-state index contributed by atoms with van der Waals surface area (Å²) < 4.78 is 51.6. The molecule has 0 atom stereocenters. The van der Waals surface area contributed by atoms with E-state index in [0.29, 0.717) is 35.8 Å². The Morgan fingerprint density at radius 1 is 1.07 bits per heavy atom. The van der Waals surface area contributed by atoms with Gasteiger partial charge in [-0.25, -0.2) is 14.3 Å². The molecule has 0 aliphatic carbocycles. The first-order chi connectivity index (χ1) is 18.7. The highest BCUT2D eigenvalue weighted by Crippen LogP contribution is 2.39. The third kappa shape index (κ3) is 6.26. The van der Waals surface area contributed by atoms with Crippen LogP contribution in [0.15, 0.2) is 55.0 Å². The lowest BCUT2D eigenvalue weighted by atomic mass is 10.1. The summed E-state index contributed by atoms with van der Waals surface area (Å²) in [5.41, 5.74) is 0.678. The molecular weight excluding hydrogens is 535 g/mol. The summed E-state index contributed by atoms with van der Waals surface area (Å²) in [5.74, 6) is 0.851. The third-order valence-electron chi connectivity index (χ3n) is 7.12. The molecular formula is C28H32F3N7OSi. The Labute approximate surface area is 232 Å². The van der Waals surface area contributed by atoms with Crippen LogP contribution >= 0.6 is 0 Å². The fourth-order valence-electron chi connectivity index (χ4n) is 3.92. The monoisotopic (exact) mass is 567 g/mol. The van der Waals surface area contributed by atoms with Gasteiger partial charge in [0.05, 0.1) is 28.6 Å². The van der Waals surface area contributed by atoms with Crippen LogP contribution < -0.4 is 5.32 Å². The Balaban J connectivity index is 1.80. The molecule has 1 N–H and O–H groups in total. The standard InChI is InChI=1S/C28H32F3N7OSi/c1-19-16-24(37-14-10-25(36-37)38-13-7-12-33-38)21(11-15-39-40(5,6)27(2,3)4)26(34-19)35-23-9-8-20(18-32)17-22(23)28(29,30)31/h7-10,12-14,16-17H,11,15H2,1-6H3,(H,34,35). The van der Waals surface area contributed by atoms with Crippen molar-refractivity contribution in [3.8, 4) is 17.6 Å². The Hall–Kier alpha value is -3.95. The molecule has 0 saturated carbocycles. The fraction of sp³-hybridized carbons (Fsp3) is 0.357. The van der Waals surface area contributed by atoms with Gasteiger partial charge in [-0.2, -0.15) is 23.5 Å². The second kappa shape index (κ2) is 10.9. The number of rotatable bonds is 8. The van der Waals surface area contributed by atoms with Crippen molar-refractivity contribution in [1.29, 1.82) is 5.26 Å². The Kier molecular flexibility index (Phi) is 7.91. The number of anilines is 2. The van der Waals surface area contributed by atoms with Crippen LogP contribution in [0.25, 0.3) is 11.5 Å².